The topological polar surface area (TPSA) is 58.6 Å². The summed E-state index contributed by atoms with van der Waals surface area (Å²) in [7, 11) is 0. The summed E-state index contributed by atoms with van der Waals surface area (Å²) >= 11 is 13.1. The first-order valence-corrected chi connectivity index (χ1v) is 14.7. The average molecular weight is 582 g/mol. The highest BCUT2D eigenvalue weighted by atomic mass is 35.5. The molecule has 1 N–H and O–H groups in total. The van der Waals surface area contributed by atoms with Gasteiger partial charge in [-0.15, -0.1) is 0 Å². The molecule has 1 saturated carbocycles. The maximum Gasteiger partial charge on any atom is 0.261 e. The standard InChI is InChI=1S/C33H38Cl2N2O3/c1-33(2,3)24-16-18-26(19-17-24)40-22-31(38)37(21-27-28(34)14-9-15-29(27)35)30(20-23-10-5-4-6-11-23)32(39)36-25-12-7-8-13-25/h4-6,9-11,14-19,25,30H,7-8,12-13,20-22H2,1-3H3,(H,36,39)/t30-/m0/s1. The Morgan fingerprint density at radius 2 is 1.55 bits per heavy atom. The van der Waals surface area contributed by atoms with E-state index in [-0.39, 0.29) is 36.4 Å². The molecular formula is C33H38Cl2N2O3. The molecule has 4 rings (SSSR count). The molecule has 1 fully saturated rings. The number of amides is 2. The second kappa shape index (κ2) is 13.6. The molecule has 7 heteroatoms. The van der Waals surface area contributed by atoms with Gasteiger partial charge in [-0.2, -0.15) is 0 Å². The van der Waals surface area contributed by atoms with Gasteiger partial charge in [-0.05, 0) is 53.6 Å². The third-order valence-electron chi connectivity index (χ3n) is 7.45. The van der Waals surface area contributed by atoms with Gasteiger partial charge in [0.15, 0.2) is 6.61 Å². The molecule has 212 valence electrons. The molecule has 0 spiro atoms. The summed E-state index contributed by atoms with van der Waals surface area (Å²) in [5, 5.41) is 4.09. The summed E-state index contributed by atoms with van der Waals surface area (Å²) in [6.45, 7) is 6.30. The monoisotopic (exact) mass is 580 g/mol. The van der Waals surface area contributed by atoms with Crippen molar-refractivity contribution >= 4 is 35.0 Å². The van der Waals surface area contributed by atoms with E-state index in [1.54, 1.807) is 23.1 Å². The summed E-state index contributed by atoms with van der Waals surface area (Å²) in [6, 6.07) is 22.1. The van der Waals surface area contributed by atoms with Gasteiger partial charge in [-0.25, -0.2) is 0 Å². The zero-order valence-corrected chi connectivity index (χ0v) is 25.0. The molecule has 40 heavy (non-hydrogen) atoms. The second-order valence-electron chi connectivity index (χ2n) is 11.5. The Morgan fingerprint density at radius 1 is 0.925 bits per heavy atom. The molecule has 5 nitrogen and oxygen atoms in total. The van der Waals surface area contributed by atoms with Gasteiger partial charge in [0.1, 0.15) is 11.8 Å². The first kappa shape index (κ1) is 30.0. The van der Waals surface area contributed by atoms with E-state index in [1.165, 1.54) is 5.56 Å². The molecule has 0 aliphatic heterocycles. The number of nitrogens with one attached hydrogen (secondary N) is 1. The number of hydrogen-bond acceptors (Lipinski definition) is 3. The van der Waals surface area contributed by atoms with Crippen LogP contribution in [-0.4, -0.2) is 35.4 Å². The second-order valence-corrected chi connectivity index (χ2v) is 12.3. The van der Waals surface area contributed by atoms with Gasteiger partial charge in [-0.1, -0.05) is 105 Å². The average Bonchev–Trinajstić information content (AvgIpc) is 3.44. The summed E-state index contributed by atoms with van der Waals surface area (Å²) in [5.41, 5.74) is 2.74. The molecule has 0 saturated heterocycles. The molecule has 0 bridgehead atoms. The predicted molar refractivity (Wildman–Crippen MR) is 162 cm³/mol. The van der Waals surface area contributed by atoms with E-state index < -0.39 is 6.04 Å². The van der Waals surface area contributed by atoms with Crippen LogP contribution in [0.3, 0.4) is 0 Å². The third-order valence-corrected chi connectivity index (χ3v) is 8.15. The zero-order chi connectivity index (χ0) is 28.7. The molecule has 0 heterocycles. The minimum Gasteiger partial charge on any atom is -0.484 e. The van der Waals surface area contributed by atoms with Crippen LogP contribution < -0.4 is 10.1 Å². The molecular weight excluding hydrogens is 543 g/mol. The number of hydrogen-bond donors (Lipinski definition) is 1. The first-order valence-electron chi connectivity index (χ1n) is 13.9. The van der Waals surface area contributed by atoms with Crippen molar-refractivity contribution in [2.24, 2.45) is 0 Å². The van der Waals surface area contributed by atoms with Crippen LogP contribution in [0, 0.1) is 0 Å². The lowest BCUT2D eigenvalue weighted by molar-refractivity contribution is -0.143. The maximum atomic E-state index is 13.9. The Kier molecular flexibility index (Phi) is 10.2. The Labute approximate surface area is 247 Å². The van der Waals surface area contributed by atoms with Crippen LogP contribution in [0.25, 0.3) is 0 Å². The van der Waals surface area contributed by atoms with Crippen LogP contribution in [0.15, 0.2) is 72.8 Å². The number of carbonyl (C=O) groups excluding carboxylic acids is 2. The lowest BCUT2D eigenvalue weighted by Gasteiger charge is -2.32. The third kappa shape index (κ3) is 8.02. The van der Waals surface area contributed by atoms with Crippen molar-refractivity contribution in [1.82, 2.24) is 10.2 Å². The highest BCUT2D eigenvalue weighted by Gasteiger charge is 2.33. The lowest BCUT2D eigenvalue weighted by Crippen LogP contribution is -2.53. The lowest BCUT2D eigenvalue weighted by atomic mass is 9.87. The van der Waals surface area contributed by atoms with Crippen molar-refractivity contribution in [3.63, 3.8) is 0 Å². The summed E-state index contributed by atoms with van der Waals surface area (Å²) in [5.74, 6) is 0.0901. The van der Waals surface area contributed by atoms with Crippen molar-refractivity contribution in [3.05, 3.63) is 99.5 Å². The molecule has 3 aromatic rings. The number of rotatable bonds is 10. The smallest absolute Gasteiger partial charge is 0.261 e. The fourth-order valence-corrected chi connectivity index (χ4v) is 5.57. The highest BCUT2D eigenvalue weighted by Crippen LogP contribution is 2.28. The molecule has 0 aromatic heterocycles. The van der Waals surface area contributed by atoms with Crippen LogP contribution in [0.4, 0.5) is 0 Å². The SMILES string of the molecule is CC(C)(C)c1ccc(OCC(=O)N(Cc2c(Cl)cccc2Cl)[C@@H](Cc2ccccc2)C(=O)NC2CCCC2)cc1. The normalized spacial score (nSPS) is 14.5. The molecule has 1 aliphatic carbocycles. The Hall–Kier alpha value is -3.02. The predicted octanol–water partition coefficient (Wildman–Crippen LogP) is 7.37. The van der Waals surface area contributed by atoms with Gasteiger partial charge >= 0.3 is 0 Å². The largest absolute Gasteiger partial charge is 0.484 e. The fraction of sp³-hybridized carbons (Fsp3) is 0.394. The first-order chi connectivity index (χ1) is 19.1. The van der Waals surface area contributed by atoms with E-state index in [0.717, 1.165) is 31.2 Å². The number of benzene rings is 3. The number of carbonyl (C=O) groups is 2. The molecule has 0 radical (unpaired) electrons. The van der Waals surface area contributed by atoms with Gasteiger partial charge in [0.25, 0.3) is 5.91 Å². The van der Waals surface area contributed by atoms with Crippen molar-refractivity contribution in [2.75, 3.05) is 6.61 Å². The van der Waals surface area contributed by atoms with Gasteiger partial charge in [-0.3, -0.25) is 9.59 Å². The summed E-state index contributed by atoms with van der Waals surface area (Å²) in [4.78, 5) is 29.2. The molecule has 0 unspecified atom stereocenters. The summed E-state index contributed by atoms with van der Waals surface area (Å²) < 4.78 is 5.94. The number of nitrogens with zero attached hydrogens (tertiary/aromatic N) is 1. The van der Waals surface area contributed by atoms with Crippen LogP contribution in [0.2, 0.25) is 10.0 Å². The van der Waals surface area contributed by atoms with Crippen LogP contribution >= 0.6 is 23.2 Å². The van der Waals surface area contributed by atoms with E-state index in [1.807, 2.05) is 54.6 Å². The molecule has 1 aliphatic rings. The Morgan fingerprint density at radius 3 is 2.15 bits per heavy atom. The van der Waals surface area contributed by atoms with E-state index in [9.17, 15) is 9.59 Å². The van der Waals surface area contributed by atoms with Crippen molar-refractivity contribution < 1.29 is 14.3 Å². The minimum absolute atomic E-state index is 0.0106. The van der Waals surface area contributed by atoms with Crippen LogP contribution in [-0.2, 0) is 28.0 Å². The quantitative estimate of drug-likeness (QED) is 0.272. The van der Waals surface area contributed by atoms with E-state index in [2.05, 4.69) is 26.1 Å². The van der Waals surface area contributed by atoms with Crippen molar-refractivity contribution in [3.8, 4) is 5.75 Å². The van der Waals surface area contributed by atoms with Crippen LogP contribution in [0.5, 0.6) is 5.75 Å². The maximum absolute atomic E-state index is 13.9. The van der Waals surface area contributed by atoms with Crippen LogP contribution in [0.1, 0.15) is 63.1 Å². The molecule has 1 atom stereocenters. The van der Waals surface area contributed by atoms with E-state index >= 15 is 0 Å². The Bertz CT molecular complexity index is 1260. The van der Waals surface area contributed by atoms with E-state index in [0.29, 0.717) is 27.8 Å². The zero-order valence-electron chi connectivity index (χ0n) is 23.5. The van der Waals surface area contributed by atoms with Gasteiger partial charge < -0.3 is 15.0 Å². The number of ether oxygens (including phenoxy) is 1. The molecule has 3 aromatic carbocycles. The highest BCUT2D eigenvalue weighted by molar-refractivity contribution is 6.36. The summed E-state index contributed by atoms with van der Waals surface area (Å²) in [6.07, 6.45) is 4.43. The van der Waals surface area contributed by atoms with E-state index in [4.69, 9.17) is 27.9 Å². The molecule has 2 amide bonds. The number of halogens is 2. The Balaban J connectivity index is 1.62. The van der Waals surface area contributed by atoms with Crippen molar-refractivity contribution in [1.29, 1.82) is 0 Å². The van der Waals surface area contributed by atoms with Gasteiger partial charge in [0.05, 0.1) is 0 Å². The van der Waals surface area contributed by atoms with Gasteiger partial charge in [0, 0.05) is 34.6 Å². The minimum atomic E-state index is -0.769. The fourth-order valence-electron chi connectivity index (χ4n) is 5.05. The van der Waals surface area contributed by atoms with Crippen molar-refractivity contribution in [2.45, 2.75) is 76.9 Å². The van der Waals surface area contributed by atoms with Gasteiger partial charge in [0.2, 0.25) is 5.91 Å².